The molecule has 1 aliphatic heterocycles. The molecule has 0 saturated carbocycles. The van der Waals surface area contributed by atoms with E-state index < -0.39 is 0 Å². The van der Waals surface area contributed by atoms with Crippen molar-refractivity contribution in [1.82, 2.24) is 10.3 Å². The van der Waals surface area contributed by atoms with E-state index in [1.807, 2.05) is 24.4 Å². The topological polar surface area (TPSA) is 34.1 Å². The van der Waals surface area contributed by atoms with E-state index in [4.69, 9.17) is 4.74 Å². The Labute approximate surface area is 71.8 Å². The van der Waals surface area contributed by atoms with Gasteiger partial charge in [-0.1, -0.05) is 6.07 Å². The van der Waals surface area contributed by atoms with Crippen LogP contribution in [0.2, 0.25) is 0 Å². The van der Waals surface area contributed by atoms with Crippen LogP contribution < -0.4 is 5.32 Å². The zero-order valence-corrected chi connectivity index (χ0v) is 6.86. The standard InChI is InChI=1S/C9H12N2O/c1-2-4-10-8(3-1)9-7-12-6-5-11-9/h1-4,9,11H,5-7H2/t9-/m0/s1. The van der Waals surface area contributed by atoms with Gasteiger partial charge in [0.2, 0.25) is 0 Å². The number of nitrogens with zero attached hydrogens (tertiary/aromatic N) is 1. The molecular weight excluding hydrogens is 152 g/mol. The summed E-state index contributed by atoms with van der Waals surface area (Å²) in [6.45, 7) is 2.46. The lowest BCUT2D eigenvalue weighted by molar-refractivity contribution is 0.0756. The zero-order chi connectivity index (χ0) is 8.23. The fraction of sp³-hybridized carbons (Fsp3) is 0.444. The van der Waals surface area contributed by atoms with E-state index in [-0.39, 0.29) is 6.04 Å². The van der Waals surface area contributed by atoms with Crippen molar-refractivity contribution in [1.29, 1.82) is 0 Å². The van der Waals surface area contributed by atoms with E-state index in [9.17, 15) is 0 Å². The van der Waals surface area contributed by atoms with E-state index >= 15 is 0 Å². The monoisotopic (exact) mass is 164 g/mol. The van der Waals surface area contributed by atoms with Gasteiger partial charge in [-0.15, -0.1) is 0 Å². The summed E-state index contributed by atoms with van der Waals surface area (Å²) in [6.07, 6.45) is 1.81. The van der Waals surface area contributed by atoms with Crippen LogP contribution in [-0.4, -0.2) is 24.7 Å². The quantitative estimate of drug-likeness (QED) is 0.664. The molecule has 0 amide bonds. The van der Waals surface area contributed by atoms with Gasteiger partial charge in [0.25, 0.3) is 0 Å². The lowest BCUT2D eigenvalue weighted by Crippen LogP contribution is -2.34. The minimum absolute atomic E-state index is 0.278. The first-order valence-electron chi connectivity index (χ1n) is 4.19. The number of hydrogen-bond acceptors (Lipinski definition) is 3. The maximum Gasteiger partial charge on any atom is 0.0733 e. The van der Waals surface area contributed by atoms with Gasteiger partial charge in [0.05, 0.1) is 24.9 Å². The molecule has 3 heteroatoms. The van der Waals surface area contributed by atoms with Crippen molar-refractivity contribution in [3.05, 3.63) is 30.1 Å². The molecule has 2 rings (SSSR count). The lowest BCUT2D eigenvalue weighted by Gasteiger charge is -2.22. The molecule has 2 heterocycles. The molecule has 1 aromatic rings. The van der Waals surface area contributed by atoms with Gasteiger partial charge in [0.15, 0.2) is 0 Å². The van der Waals surface area contributed by atoms with E-state index in [0.717, 1.165) is 25.5 Å². The summed E-state index contributed by atoms with van der Waals surface area (Å²) in [4.78, 5) is 4.26. The third kappa shape index (κ3) is 1.62. The highest BCUT2D eigenvalue weighted by molar-refractivity contribution is 5.09. The number of aromatic nitrogens is 1. The second-order valence-electron chi connectivity index (χ2n) is 2.84. The Balaban J connectivity index is 2.08. The molecular formula is C9H12N2O. The number of rotatable bonds is 1. The van der Waals surface area contributed by atoms with Gasteiger partial charge in [-0.05, 0) is 12.1 Å². The predicted octanol–water partition coefficient (Wildman–Crippen LogP) is 0.742. The van der Waals surface area contributed by atoms with Crippen LogP contribution >= 0.6 is 0 Å². The fourth-order valence-electron chi connectivity index (χ4n) is 1.34. The fourth-order valence-corrected chi connectivity index (χ4v) is 1.34. The molecule has 1 fully saturated rings. The third-order valence-corrected chi connectivity index (χ3v) is 1.97. The molecule has 0 aliphatic carbocycles. The first-order chi connectivity index (χ1) is 5.97. The second-order valence-corrected chi connectivity index (χ2v) is 2.84. The summed E-state index contributed by atoms with van der Waals surface area (Å²) in [5.41, 5.74) is 1.07. The summed E-state index contributed by atoms with van der Waals surface area (Å²) in [5, 5.41) is 3.35. The molecule has 0 radical (unpaired) electrons. The van der Waals surface area contributed by atoms with Gasteiger partial charge in [-0.25, -0.2) is 0 Å². The minimum atomic E-state index is 0.278. The number of pyridine rings is 1. The van der Waals surface area contributed by atoms with E-state index in [2.05, 4.69) is 10.3 Å². The van der Waals surface area contributed by atoms with E-state index in [1.54, 1.807) is 0 Å². The highest BCUT2D eigenvalue weighted by atomic mass is 16.5. The van der Waals surface area contributed by atoms with Gasteiger partial charge in [0.1, 0.15) is 0 Å². The molecule has 1 atom stereocenters. The van der Waals surface area contributed by atoms with Crippen molar-refractivity contribution in [2.24, 2.45) is 0 Å². The van der Waals surface area contributed by atoms with Crippen molar-refractivity contribution < 1.29 is 4.74 Å². The van der Waals surface area contributed by atoms with Crippen LogP contribution in [0.1, 0.15) is 11.7 Å². The van der Waals surface area contributed by atoms with Gasteiger partial charge >= 0.3 is 0 Å². The molecule has 12 heavy (non-hydrogen) atoms. The average Bonchev–Trinajstić information content (AvgIpc) is 2.21. The highest BCUT2D eigenvalue weighted by Crippen LogP contribution is 2.11. The molecule has 0 spiro atoms. The highest BCUT2D eigenvalue weighted by Gasteiger charge is 2.15. The van der Waals surface area contributed by atoms with Crippen molar-refractivity contribution >= 4 is 0 Å². The SMILES string of the molecule is c1ccc([C@@H]2COCCN2)nc1. The lowest BCUT2D eigenvalue weighted by atomic mass is 10.2. The predicted molar refractivity (Wildman–Crippen MR) is 45.8 cm³/mol. The third-order valence-electron chi connectivity index (χ3n) is 1.97. The minimum Gasteiger partial charge on any atom is -0.378 e. The summed E-state index contributed by atoms with van der Waals surface area (Å²) in [7, 11) is 0. The van der Waals surface area contributed by atoms with Crippen LogP contribution in [0, 0.1) is 0 Å². The van der Waals surface area contributed by atoms with Crippen LogP contribution in [0.25, 0.3) is 0 Å². The van der Waals surface area contributed by atoms with Crippen molar-refractivity contribution in [2.45, 2.75) is 6.04 Å². The molecule has 0 aromatic carbocycles. The van der Waals surface area contributed by atoms with Gasteiger partial charge in [0, 0.05) is 12.7 Å². The largest absolute Gasteiger partial charge is 0.378 e. The first kappa shape index (κ1) is 7.71. The van der Waals surface area contributed by atoms with Crippen molar-refractivity contribution in [2.75, 3.05) is 19.8 Å². The van der Waals surface area contributed by atoms with E-state index in [1.165, 1.54) is 0 Å². The average molecular weight is 164 g/mol. The Hall–Kier alpha value is -0.930. The Morgan fingerprint density at radius 3 is 3.17 bits per heavy atom. The summed E-state index contributed by atoms with van der Waals surface area (Å²) in [6, 6.07) is 6.22. The van der Waals surface area contributed by atoms with Crippen LogP contribution in [0.3, 0.4) is 0 Å². The maximum atomic E-state index is 5.33. The summed E-state index contributed by atoms with van der Waals surface area (Å²) in [5.74, 6) is 0. The maximum absolute atomic E-state index is 5.33. The molecule has 1 N–H and O–H groups in total. The van der Waals surface area contributed by atoms with Gasteiger partial charge in [-0.2, -0.15) is 0 Å². The van der Waals surface area contributed by atoms with Crippen molar-refractivity contribution in [3.63, 3.8) is 0 Å². The van der Waals surface area contributed by atoms with Crippen LogP contribution in [0.4, 0.5) is 0 Å². The Morgan fingerprint density at radius 2 is 2.50 bits per heavy atom. The first-order valence-corrected chi connectivity index (χ1v) is 4.19. The Kier molecular flexibility index (Phi) is 2.34. The number of hydrogen-bond donors (Lipinski definition) is 1. The summed E-state index contributed by atoms with van der Waals surface area (Å²) >= 11 is 0. The van der Waals surface area contributed by atoms with Crippen molar-refractivity contribution in [3.8, 4) is 0 Å². The normalized spacial score (nSPS) is 23.8. The number of ether oxygens (including phenoxy) is 1. The van der Waals surface area contributed by atoms with E-state index in [0.29, 0.717) is 0 Å². The molecule has 1 aliphatic rings. The molecule has 0 bridgehead atoms. The molecule has 3 nitrogen and oxygen atoms in total. The molecule has 1 saturated heterocycles. The number of nitrogens with one attached hydrogen (secondary N) is 1. The Bertz CT molecular complexity index is 232. The second kappa shape index (κ2) is 3.65. The van der Waals surface area contributed by atoms with Crippen LogP contribution in [-0.2, 0) is 4.74 Å². The van der Waals surface area contributed by atoms with Gasteiger partial charge in [-0.3, -0.25) is 4.98 Å². The zero-order valence-electron chi connectivity index (χ0n) is 6.86. The summed E-state index contributed by atoms with van der Waals surface area (Å²) < 4.78 is 5.33. The van der Waals surface area contributed by atoms with Gasteiger partial charge < -0.3 is 10.1 Å². The number of morpholine rings is 1. The van der Waals surface area contributed by atoms with Crippen LogP contribution in [0.5, 0.6) is 0 Å². The molecule has 64 valence electrons. The smallest absolute Gasteiger partial charge is 0.0733 e. The Morgan fingerprint density at radius 1 is 1.50 bits per heavy atom. The molecule has 0 unspecified atom stereocenters. The molecule has 1 aromatic heterocycles. The van der Waals surface area contributed by atoms with Crippen LogP contribution in [0.15, 0.2) is 24.4 Å².